The number of esters is 1. The topological polar surface area (TPSA) is 193 Å². The summed E-state index contributed by atoms with van der Waals surface area (Å²) in [6.07, 6.45) is 3.61. The first-order valence-corrected chi connectivity index (χ1v) is 40.3. The van der Waals surface area contributed by atoms with Crippen molar-refractivity contribution in [2.45, 2.75) is 127 Å². The van der Waals surface area contributed by atoms with Crippen molar-refractivity contribution in [3.8, 4) is 0 Å². The third-order valence-electron chi connectivity index (χ3n) is 19.9. The molecule has 14 nitrogen and oxygen atoms in total. The number of hydrogen-bond acceptors (Lipinski definition) is 14. The number of carbonyl (C=O) groups excluding carboxylic acids is 2. The van der Waals surface area contributed by atoms with Gasteiger partial charge < -0.3 is 48.6 Å². The fourth-order valence-electron chi connectivity index (χ4n) is 15.2. The Hall–Kier alpha value is -7.88. The zero-order chi connectivity index (χ0) is 78.0. The third-order valence-corrected chi connectivity index (χ3v) is 29.9. The van der Waals surface area contributed by atoms with Crippen LogP contribution in [0.5, 0.6) is 0 Å². The zero-order valence-corrected chi connectivity index (χ0v) is 65.1. The molecular formula is C82H96B4ClF4N3O11Si2. The van der Waals surface area contributed by atoms with Crippen molar-refractivity contribution in [3.05, 3.63) is 300 Å². The second-order valence-electron chi connectivity index (χ2n) is 28.7. The van der Waals surface area contributed by atoms with Gasteiger partial charge in [-0.05, 0) is 116 Å². The van der Waals surface area contributed by atoms with E-state index in [4.69, 9.17) is 18.9 Å². The van der Waals surface area contributed by atoms with Crippen molar-refractivity contribution < 1.29 is 71.0 Å². The molecule has 0 aromatic heterocycles. The van der Waals surface area contributed by atoms with Gasteiger partial charge >= 0.3 is 34.2 Å². The van der Waals surface area contributed by atoms with Gasteiger partial charge in [0.1, 0.15) is 23.3 Å². The van der Waals surface area contributed by atoms with Crippen LogP contribution < -0.4 is 26.2 Å². The van der Waals surface area contributed by atoms with Gasteiger partial charge in [0.05, 0.1) is 38.5 Å². The molecule has 9 aromatic rings. The lowest BCUT2D eigenvalue weighted by molar-refractivity contribution is -0.147. The fourth-order valence-corrected chi connectivity index (χ4v) is 24.3. The summed E-state index contributed by atoms with van der Waals surface area (Å²) in [4.78, 5) is 29.2. The van der Waals surface area contributed by atoms with Gasteiger partial charge in [0.2, 0.25) is 0 Å². The average molecular weight is 1510 g/mol. The molecule has 25 heteroatoms. The summed E-state index contributed by atoms with van der Waals surface area (Å²) in [7, 11) is -8.88. The number of rotatable bonds is 19. The Morgan fingerprint density at radius 2 is 0.879 bits per heavy atom. The Kier molecular flexibility index (Phi) is 30.5. The highest BCUT2D eigenvalue weighted by Crippen LogP contribution is 2.45. The summed E-state index contributed by atoms with van der Waals surface area (Å²) in [6.45, 7) is 18.9. The first-order chi connectivity index (χ1) is 51.1. The van der Waals surface area contributed by atoms with Crippen molar-refractivity contribution in [2.75, 3.05) is 26.7 Å². The molecule has 6 N–H and O–H groups in total. The number of Topliss-reactive ketones (excluding diaryl/α,β-unsaturated/α-hetero) is 1. The normalized spacial score (nSPS) is 18.9. The predicted molar refractivity (Wildman–Crippen MR) is 428 cm³/mol. The van der Waals surface area contributed by atoms with Crippen molar-refractivity contribution in [1.29, 1.82) is 0 Å². The average Bonchev–Trinajstić information content (AvgIpc) is 0.925. The molecule has 3 heterocycles. The molecule has 107 heavy (non-hydrogen) atoms. The van der Waals surface area contributed by atoms with Crippen LogP contribution in [0.3, 0.4) is 0 Å². The smallest absolute Gasteiger partial charge is 0.468 e. The molecule has 0 bridgehead atoms. The predicted octanol–water partition coefficient (Wildman–Crippen LogP) is 11.5. The molecular weight excluding hydrogens is 1410 g/mol. The third kappa shape index (κ3) is 19.8. The van der Waals surface area contributed by atoms with Gasteiger partial charge in [-0.1, -0.05) is 260 Å². The molecule has 0 radical (unpaired) electrons. The van der Waals surface area contributed by atoms with E-state index in [1.54, 1.807) is 20.5 Å². The summed E-state index contributed by atoms with van der Waals surface area (Å²) in [6, 6.07) is 74.5. The minimum absolute atomic E-state index is 0.0519. The van der Waals surface area contributed by atoms with E-state index in [9.17, 15) is 42.9 Å². The quantitative estimate of drug-likeness (QED) is 0.0147. The van der Waals surface area contributed by atoms with Crippen LogP contribution in [0.1, 0.15) is 94.8 Å². The summed E-state index contributed by atoms with van der Waals surface area (Å²) in [5.41, 5.74) is 3.30. The second-order valence-corrected chi connectivity index (χ2v) is 37.3. The Bertz CT molecular complexity index is 4210. The fraction of sp³-hybridized carbons (Fsp3) is 0.293. The molecule has 12 rings (SSSR count). The lowest BCUT2D eigenvalue weighted by atomic mass is 9.80. The van der Waals surface area contributed by atoms with Gasteiger partial charge in [-0.2, -0.15) is 0 Å². The van der Waals surface area contributed by atoms with Gasteiger partial charge in [0.25, 0.3) is 16.6 Å². The van der Waals surface area contributed by atoms with Gasteiger partial charge in [-0.15, -0.1) is 11.6 Å². The monoisotopic (exact) mass is 1510 g/mol. The molecule has 0 amide bonds. The number of methoxy groups -OCH3 is 1. The van der Waals surface area contributed by atoms with Gasteiger partial charge in [0.15, 0.2) is 11.8 Å². The number of ketones is 1. The first kappa shape index (κ1) is 84.7. The lowest BCUT2D eigenvalue weighted by Crippen LogP contribution is -2.67. The number of nitrogens with zero attached hydrogens (tertiary/aromatic N) is 3. The van der Waals surface area contributed by atoms with Crippen LogP contribution in [-0.2, 0) is 23.2 Å². The number of hydrogen-bond donors (Lipinski definition) is 6. The van der Waals surface area contributed by atoms with Crippen LogP contribution in [-0.4, -0.2) is 152 Å². The van der Waals surface area contributed by atoms with E-state index in [1.807, 2.05) is 143 Å². The summed E-state index contributed by atoms with van der Waals surface area (Å²) >= 11 is 4.64. The number of aliphatic hydroxyl groups excluding tert-OH is 1. The molecule has 2 fully saturated rings. The molecule has 560 valence electrons. The van der Waals surface area contributed by atoms with Gasteiger partial charge in [-0.3, -0.25) is 14.4 Å². The van der Waals surface area contributed by atoms with E-state index >= 15 is 4.39 Å². The maximum Gasteiger partial charge on any atom is 0.491 e. The van der Waals surface area contributed by atoms with Crippen LogP contribution in [0.15, 0.2) is 255 Å². The highest BCUT2D eigenvalue weighted by molar-refractivity contribution is 7.00. The first-order valence-electron chi connectivity index (χ1n) is 35.7. The van der Waals surface area contributed by atoms with Crippen LogP contribution in [0.25, 0.3) is 5.57 Å². The van der Waals surface area contributed by atoms with E-state index < -0.39 is 97.8 Å². The van der Waals surface area contributed by atoms with E-state index in [2.05, 4.69) is 143 Å². The van der Waals surface area contributed by atoms with Gasteiger partial charge in [0, 0.05) is 42.0 Å². The van der Waals surface area contributed by atoms with E-state index in [1.165, 1.54) is 34.7 Å². The number of alkyl halides is 1. The molecule has 7 atom stereocenters. The maximum absolute atomic E-state index is 15.3. The minimum atomic E-state index is -2.94. The van der Waals surface area contributed by atoms with Crippen LogP contribution in [0.4, 0.5) is 17.6 Å². The van der Waals surface area contributed by atoms with Crippen molar-refractivity contribution in [2.24, 2.45) is 0 Å². The van der Waals surface area contributed by atoms with E-state index in [0.717, 1.165) is 57.4 Å². The number of aliphatic hydroxyl groups is 1. The van der Waals surface area contributed by atoms with Crippen LogP contribution in [0.2, 0.25) is 30.5 Å². The van der Waals surface area contributed by atoms with Crippen molar-refractivity contribution >= 4 is 100 Å². The number of benzene rings is 9. The molecule has 3 aliphatic heterocycles. The lowest BCUT2D eigenvalue weighted by Gasteiger charge is -2.44. The summed E-state index contributed by atoms with van der Waals surface area (Å²) < 4.78 is 73.7. The molecule has 2 saturated heterocycles. The van der Waals surface area contributed by atoms with Gasteiger partial charge in [-0.25, -0.2) is 22.4 Å². The molecule has 9 aromatic carbocycles. The molecule has 0 spiro atoms. The van der Waals surface area contributed by atoms with E-state index in [0.29, 0.717) is 18.6 Å². The van der Waals surface area contributed by atoms with E-state index in [-0.39, 0.29) is 58.6 Å². The summed E-state index contributed by atoms with van der Waals surface area (Å²) in [5, 5.41) is 64.2. The molecule has 0 saturated carbocycles. The van der Waals surface area contributed by atoms with Crippen LogP contribution >= 0.6 is 11.6 Å². The Morgan fingerprint density at radius 3 is 1.26 bits per heavy atom. The number of ether oxygens (including phenoxy) is 1. The van der Waals surface area contributed by atoms with Crippen LogP contribution in [0, 0.1) is 23.3 Å². The zero-order valence-electron chi connectivity index (χ0n) is 62.4. The minimum Gasteiger partial charge on any atom is -0.468 e. The highest BCUT2D eigenvalue weighted by Gasteiger charge is 2.55. The standard InChI is InChI=1S/C34H36BF2NO2Si.C28H36BNO3Si.C13H16BNO4.C6H5BF2O2.CH3Cl/c1-34(2,3)41(27-16-10-6-11-17-27,28-18-12-7-13-19-28)40-24-33-30(29-22-26(36)20-21-31(29)37)23-32(38(33)35(4)39)25-14-8-5-9-15-25;1-28(2,3)34(23-16-10-6-11-17-23,24-18-12-7-13-19-24)33-21-26-27(31)20-25(30(26)29(4)32)22-14-8-5-9-15-22;1-14(18)15-10(9-6-4-3-5-7-9)8-11(16)12(15)13(17)19-2;8-4-1-2-6(9)5(3-4)7(10)11;1-2/h5-23,32-33,39H,24H2,1-4H3;5-19,25-27,31-32H,20-21H2,1-4H3;3-7,10,12,18H,8H2,1-2H3;1-3,10-11H;1H3. The molecule has 7 unspecified atom stereocenters. The number of carbonyl (C=O) groups is 2. The largest absolute Gasteiger partial charge is 0.491 e. The Morgan fingerprint density at radius 1 is 0.505 bits per heavy atom. The Labute approximate surface area is 636 Å². The number of halogens is 5. The summed E-state index contributed by atoms with van der Waals surface area (Å²) in [5.74, 6) is -3.39. The highest BCUT2D eigenvalue weighted by atomic mass is 35.5. The maximum atomic E-state index is 15.3. The Balaban J connectivity index is 0.000000195. The second kappa shape index (κ2) is 38.5. The van der Waals surface area contributed by atoms with Crippen molar-refractivity contribution in [1.82, 2.24) is 14.4 Å². The SMILES string of the molecule is CB(O)N1C(CO[Si](c2ccccc2)(c2ccccc2)C(C)(C)C)C(c2cc(F)ccc2F)=CC1c1ccccc1.CB(O)N1C(c2ccccc2)CC(O)C1CO[Si](c1ccccc1)(c1ccccc1)C(C)(C)C.CCl.COC(=O)C1C(=O)CC(c2ccccc2)N1B(C)O.OB(O)c1cc(F)ccc1F. The molecule has 0 aliphatic carbocycles. The van der Waals surface area contributed by atoms with Crippen molar-refractivity contribution in [3.63, 3.8) is 0 Å². The molecule has 3 aliphatic rings.